The number of rotatable bonds is 4. The first-order valence-corrected chi connectivity index (χ1v) is 6.93. The molecular weight excluding hydrogens is 288 g/mol. The van der Waals surface area contributed by atoms with Gasteiger partial charge in [0, 0.05) is 17.1 Å². The largest absolute Gasteiger partial charge is 0.454 e. The minimum atomic E-state index is -0.236. The summed E-state index contributed by atoms with van der Waals surface area (Å²) in [6.45, 7) is 0. The number of nitrogens with zero attached hydrogens (tertiary/aromatic N) is 3. The monoisotopic (exact) mass is 298 g/mol. The molecule has 1 amide bonds. The standard InChI is InChI=1S/C14H10N4O2S/c19-13(18-14-17-4-5-21-14)10-2-1-3-11(6-10)20-12-7-15-9-16-8-12/h1-9H,(H,17,18,19). The van der Waals surface area contributed by atoms with Crippen molar-refractivity contribution in [2.75, 3.05) is 5.32 Å². The number of anilines is 1. The van der Waals surface area contributed by atoms with Crippen molar-refractivity contribution in [1.29, 1.82) is 0 Å². The predicted octanol–water partition coefficient (Wildman–Crippen LogP) is 2.98. The molecule has 1 N–H and O–H groups in total. The highest BCUT2D eigenvalue weighted by Crippen LogP contribution is 2.21. The summed E-state index contributed by atoms with van der Waals surface area (Å²) in [4.78, 5) is 23.8. The molecule has 0 aliphatic rings. The summed E-state index contributed by atoms with van der Waals surface area (Å²) in [5, 5.41) is 5.07. The maximum atomic E-state index is 12.1. The molecule has 0 unspecified atom stereocenters. The quantitative estimate of drug-likeness (QED) is 0.801. The molecule has 0 saturated heterocycles. The van der Waals surface area contributed by atoms with Crippen molar-refractivity contribution in [2.45, 2.75) is 0 Å². The summed E-state index contributed by atoms with van der Waals surface area (Å²) in [7, 11) is 0. The Labute approximate surface area is 124 Å². The van der Waals surface area contributed by atoms with Crippen molar-refractivity contribution in [3.05, 3.63) is 60.1 Å². The van der Waals surface area contributed by atoms with Crippen LogP contribution in [0, 0.1) is 0 Å². The minimum Gasteiger partial charge on any atom is -0.454 e. The van der Waals surface area contributed by atoms with Gasteiger partial charge in [-0.1, -0.05) is 6.07 Å². The number of hydrogen-bond donors (Lipinski definition) is 1. The Hall–Kier alpha value is -2.80. The lowest BCUT2D eigenvalue weighted by Gasteiger charge is -2.06. The van der Waals surface area contributed by atoms with E-state index in [-0.39, 0.29) is 5.91 Å². The highest BCUT2D eigenvalue weighted by molar-refractivity contribution is 7.13. The topological polar surface area (TPSA) is 77.0 Å². The number of carbonyl (C=O) groups is 1. The molecule has 7 heteroatoms. The normalized spacial score (nSPS) is 10.1. The van der Waals surface area contributed by atoms with Crippen LogP contribution in [0.25, 0.3) is 0 Å². The molecule has 21 heavy (non-hydrogen) atoms. The fraction of sp³-hybridized carbons (Fsp3) is 0. The molecule has 6 nitrogen and oxygen atoms in total. The summed E-state index contributed by atoms with van der Waals surface area (Å²) in [6.07, 6.45) is 6.16. The lowest BCUT2D eigenvalue weighted by atomic mass is 10.2. The van der Waals surface area contributed by atoms with Crippen LogP contribution < -0.4 is 10.1 Å². The molecule has 0 fully saturated rings. The third kappa shape index (κ3) is 3.40. The van der Waals surface area contributed by atoms with E-state index in [1.54, 1.807) is 48.2 Å². The van der Waals surface area contributed by atoms with Crippen molar-refractivity contribution in [1.82, 2.24) is 15.0 Å². The number of hydrogen-bond acceptors (Lipinski definition) is 6. The Bertz CT molecular complexity index is 732. The first kappa shape index (κ1) is 13.2. The van der Waals surface area contributed by atoms with E-state index < -0.39 is 0 Å². The molecule has 104 valence electrons. The molecule has 0 spiro atoms. The van der Waals surface area contributed by atoms with E-state index in [9.17, 15) is 4.79 Å². The average molecular weight is 298 g/mol. The smallest absolute Gasteiger partial charge is 0.257 e. The second-order valence-corrected chi connectivity index (χ2v) is 4.89. The first-order valence-electron chi connectivity index (χ1n) is 6.05. The Morgan fingerprint density at radius 2 is 2.05 bits per heavy atom. The second-order valence-electron chi connectivity index (χ2n) is 4.00. The molecule has 0 aliphatic heterocycles. The van der Waals surface area contributed by atoms with Crippen molar-refractivity contribution < 1.29 is 9.53 Å². The van der Waals surface area contributed by atoms with E-state index in [1.807, 2.05) is 0 Å². The molecule has 3 rings (SSSR count). The van der Waals surface area contributed by atoms with E-state index in [0.717, 1.165) is 0 Å². The van der Waals surface area contributed by atoms with Crippen LogP contribution in [0.15, 0.2) is 54.6 Å². The Kier molecular flexibility index (Phi) is 3.83. The number of benzene rings is 1. The summed E-state index contributed by atoms with van der Waals surface area (Å²) < 4.78 is 5.59. The molecule has 0 aliphatic carbocycles. The SMILES string of the molecule is O=C(Nc1nccs1)c1cccc(Oc2cncnc2)c1. The van der Waals surface area contributed by atoms with Gasteiger partial charge in [-0.15, -0.1) is 11.3 Å². The molecule has 0 bridgehead atoms. The molecule has 0 saturated carbocycles. The molecular formula is C14H10N4O2S. The lowest BCUT2D eigenvalue weighted by Crippen LogP contribution is -2.11. The fourth-order valence-electron chi connectivity index (χ4n) is 1.63. The summed E-state index contributed by atoms with van der Waals surface area (Å²) in [5.41, 5.74) is 0.486. The maximum absolute atomic E-state index is 12.1. The average Bonchev–Trinajstić information content (AvgIpc) is 3.01. The fourth-order valence-corrected chi connectivity index (χ4v) is 2.15. The van der Waals surface area contributed by atoms with E-state index >= 15 is 0 Å². The van der Waals surface area contributed by atoms with Gasteiger partial charge in [0.2, 0.25) is 0 Å². The van der Waals surface area contributed by atoms with Crippen LogP contribution in [0.2, 0.25) is 0 Å². The molecule has 0 atom stereocenters. The number of amides is 1. The first-order chi connectivity index (χ1) is 10.3. The summed E-state index contributed by atoms with van der Waals surface area (Å²) in [6, 6.07) is 6.86. The summed E-state index contributed by atoms with van der Waals surface area (Å²) in [5.74, 6) is 0.811. The van der Waals surface area contributed by atoms with Gasteiger partial charge >= 0.3 is 0 Å². The highest BCUT2D eigenvalue weighted by atomic mass is 32.1. The lowest BCUT2D eigenvalue weighted by molar-refractivity contribution is 0.102. The van der Waals surface area contributed by atoms with Crippen LogP contribution in [0.1, 0.15) is 10.4 Å². The van der Waals surface area contributed by atoms with Gasteiger partial charge in [-0.3, -0.25) is 10.1 Å². The molecule has 1 aromatic carbocycles. The number of thiazole rings is 1. The molecule has 2 heterocycles. The van der Waals surface area contributed by atoms with E-state index in [0.29, 0.717) is 22.2 Å². The zero-order valence-corrected chi connectivity index (χ0v) is 11.6. The third-order valence-corrected chi connectivity index (χ3v) is 3.21. The van der Waals surface area contributed by atoms with Crippen LogP contribution in [-0.2, 0) is 0 Å². The van der Waals surface area contributed by atoms with Crippen molar-refractivity contribution in [3.63, 3.8) is 0 Å². The van der Waals surface area contributed by atoms with E-state index in [2.05, 4.69) is 20.3 Å². The molecule has 2 aromatic heterocycles. The highest BCUT2D eigenvalue weighted by Gasteiger charge is 2.09. The zero-order valence-electron chi connectivity index (χ0n) is 10.8. The van der Waals surface area contributed by atoms with Gasteiger partial charge in [-0.25, -0.2) is 15.0 Å². The van der Waals surface area contributed by atoms with Crippen LogP contribution >= 0.6 is 11.3 Å². The van der Waals surface area contributed by atoms with Gasteiger partial charge in [0.05, 0.1) is 12.4 Å². The Morgan fingerprint density at radius 3 is 2.81 bits per heavy atom. The van der Waals surface area contributed by atoms with Crippen LogP contribution in [0.5, 0.6) is 11.5 Å². The molecule has 0 radical (unpaired) electrons. The number of carbonyl (C=O) groups excluding carboxylic acids is 1. The predicted molar refractivity (Wildman–Crippen MR) is 78.6 cm³/mol. The third-order valence-electron chi connectivity index (χ3n) is 2.52. The van der Waals surface area contributed by atoms with E-state index in [1.165, 1.54) is 17.7 Å². The van der Waals surface area contributed by atoms with Crippen molar-refractivity contribution >= 4 is 22.4 Å². The van der Waals surface area contributed by atoms with Crippen LogP contribution in [-0.4, -0.2) is 20.9 Å². The van der Waals surface area contributed by atoms with Gasteiger partial charge < -0.3 is 4.74 Å². The minimum absolute atomic E-state index is 0.236. The number of aromatic nitrogens is 3. The maximum Gasteiger partial charge on any atom is 0.257 e. The second kappa shape index (κ2) is 6.10. The number of ether oxygens (including phenoxy) is 1. The van der Waals surface area contributed by atoms with Crippen LogP contribution in [0.3, 0.4) is 0 Å². The zero-order chi connectivity index (χ0) is 14.5. The number of nitrogens with one attached hydrogen (secondary N) is 1. The van der Waals surface area contributed by atoms with Gasteiger partial charge in [-0.05, 0) is 18.2 Å². The van der Waals surface area contributed by atoms with E-state index in [4.69, 9.17) is 4.74 Å². The Morgan fingerprint density at radius 1 is 1.19 bits per heavy atom. The van der Waals surface area contributed by atoms with Gasteiger partial charge in [0.15, 0.2) is 10.9 Å². The van der Waals surface area contributed by atoms with Crippen molar-refractivity contribution in [3.8, 4) is 11.5 Å². The molecule has 3 aromatic rings. The van der Waals surface area contributed by atoms with Gasteiger partial charge in [0.1, 0.15) is 12.1 Å². The summed E-state index contributed by atoms with van der Waals surface area (Å²) >= 11 is 1.36. The van der Waals surface area contributed by atoms with Crippen LogP contribution in [0.4, 0.5) is 5.13 Å². The van der Waals surface area contributed by atoms with Gasteiger partial charge in [0.25, 0.3) is 5.91 Å². The Balaban J connectivity index is 1.75. The van der Waals surface area contributed by atoms with Crippen molar-refractivity contribution in [2.24, 2.45) is 0 Å². The van der Waals surface area contributed by atoms with Gasteiger partial charge in [-0.2, -0.15) is 0 Å².